The fraction of sp³-hybridized carbons (Fsp3) is 0.188. The summed E-state index contributed by atoms with van der Waals surface area (Å²) >= 11 is 0. The fourth-order valence-electron chi connectivity index (χ4n) is 1.77. The van der Waals surface area contributed by atoms with E-state index in [1.165, 1.54) is 19.3 Å². The van der Waals surface area contributed by atoms with Crippen LogP contribution in [-0.2, 0) is 9.59 Å². The van der Waals surface area contributed by atoms with Gasteiger partial charge in [0.05, 0.1) is 12.7 Å². The first kappa shape index (κ1) is 16.3. The van der Waals surface area contributed by atoms with Crippen molar-refractivity contribution in [3.8, 4) is 5.75 Å². The molecule has 0 bridgehead atoms. The third kappa shape index (κ3) is 5.31. The molecule has 0 atom stereocenters. The highest BCUT2D eigenvalue weighted by Gasteiger charge is 2.10. The summed E-state index contributed by atoms with van der Waals surface area (Å²) in [6.45, 7) is 1.55. The Morgan fingerprint density at radius 1 is 1.13 bits per heavy atom. The molecular formula is C16H16N2O5. The van der Waals surface area contributed by atoms with Crippen molar-refractivity contribution in [2.24, 2.45) is 0 Å². The number of esters is 1. The minimum atomic E-state index is -0.475. The molecule has 0 aliphatic rings. The van der Waals surface area contributed by atoms with Crippen LogP contribution < -0.4 is 15.4 Å². The van der Waals surface area contributed by atoms with E-state index in [4.69, 9.17) is 9.15 Å². The van der Waals surface area contributed by atoms with Gasteiger partial charge in [-0.2, -0.15) is 0 Å². The van der Waals surface area contributed by atoms with E-state index in [0.29, 0.717) is 11.4 Å². The molecule has 2 N–H and O–H groups in total. The van der Waals surface area contributed by atoms with Gasteiger partial charge in [-0.15, -0.1) is 0 Å². The molecule has 0 unspecified atom stereocenters. The number of nitrogens with one attached hydrogen (secondary N) is 2. The van der Waals surface area contributed by atoms with Crippen LogP contribution in [0.15, 0.2) is 47.1 Å². The molecule has 0 spiro atoms. The predicted octanol–water partition coefficient (Wildman–Crippen LogP) is 1.96. The van der Waals surface area contributed by atoms with Gasteiger partial charge in [-0.3, -0.25) is 14.4 Å². The highest BCUT2D eigenvalue weighted by Crippen LogP contribution is 2.16. The zero-order valence-corrected chi connectivity index (χ0v) is 12.5. The SMILES string of the molecule is CC(=O)Nc1ccc(OC(=O)CCNC(=O)c2ccco2)cc1. The third-order valence-corrected chi connectivity index (χ3v) is 2.77. The zero-order valence-electron chi connectivity index (χ0n) is 12.5. The quantitative estimate of drug-likeness (QED) is 0.627. The molecule has 2 amide bonds. The van der Waals surface area contributed by atoms with E-state index in [-0.39, 0.29) is 30.5 Å². The summed E-state index contributed by atoms with van der Waals surface area (Å²) in [6, 6.07) is 9.54. The molecule has 7 heteroatoms. The fourth-order valence-corrected chi connectivity index (χ4v) is 1.77. The second-order valence-corrected chi connectivity index (χ2v) is 4.66. The van der Waals surface area contributed by atoms with Gasteiger partial charge in [-0.1, -0.05) is 0 Å². The van der Waals surface area contributed by atoms with Crippen molar-refractivity contribution in [2.75, 3.05) is 11.9 Å². The Morgan fingerprint density at radius 2 is 1.87 bits per heavy atom. The maximum absolute atomic E-state index is 11.7. The lowest BCUT2D eigenvalue weighted by atomic mass is 10.3. The molecule has 1 heterocycles. The average Bonchev–Trinajstić information content (AvgIpc) is 3.03. The Hall–Kier alpha value is -3.09. The van der Waals surface area contributed by atoms with Crippen LogP contribution in [-0.4, -0.2) is 24.3 Å². The van der Waals surface area contributed by atoms with Gasteiger partial charge in [0.25, 0.3) is 5.91 Å². The smallest absolute Gasteiger partial charge is 0.312 e. The standard InChI is InChI=1S/C16H16N2O5/c1-11(19)18-12-4-6-13(7-5-12)23-15(20)8-9-17-16(21)14-3-2-10-22-14/h2-7,10H,8-9H2,1H3,(H,17,21)(H,18,19). The number of ether oxygens (including phenoxy) is 1. The van der Waals surface area contributed by atoms with E-state index in [1.807, 2.05) is 0 Å². The molecule has 1 aromatic carbocycles. The summed E-state index contributed by atoms with van der Waals surface area (Å²) < 4.78 is 10.0. The molecule has 2 rings (SSSR count). The lowest BCUT2D eigenvalue weighted by molar-refractivity contribution is -0.134. The van der Waals surface area contributed by atoms with Crippen molar-refractivity contribution in [2.45, 2.75) is 13.3 Å². The first-order valence-corrected chi connectivity index (χ1v) is 6.94. The largest absolute Gasteiger partial charge is 0.459 e. The van der Waals surface area contributed by atoms with Crippen LogP contribution in [0.5, 0.6) is 5.75 Å². The van der Waals surface area contributed by atoms with Gasteiger partial charge < -0.3 is 19.8 Å². The molecule has 0 aliphatic heterocycles. The predicted molar refractivity (Wildman–Crippen MR) is 82.0 cm³/mol. The van der Waals surface area contributed by atoms with Gasteiger partial charge in [-0.25, -0.2) is 0 Å². The van der Waals surface area contributed by atoms with E-state index in [0.717, 1.165) is 0 Å². The summed E-state index contributed by atoms with van der Waals surface area (Å²) in [5, 5.41) is 5.16. The number of anilines is 1. The van der Waals surface area contributed by atoms with Crippen molar-refractivity contribution in [3.63, 3.8) is 0 Å². The van der Waals surface area contributed by atoms with Crippen LogP contribution in [0.4, 0.5) is 5.69 Å². The van der Waals surface area contributed by atoms with Crippen LogP contribution in [0.3, 0.4) is 0 Å². The van der Waals surface area contributed by atoms with Crippen molar-refractivity contribution in [3.05, 3.63) is 48.4 Å². The minimum Gasteiger partial charge on any atom is -0.459 e. The zero-order chi connectivity index (χ0) is 16.7. The highest BCUT2D eigenvalue weighted by molar-refractivity contribution is 5.91. The van der Waals surface area contributed by atoms with Gasteiger partial charge in [0.2, 0.25) is 5.91 Å². The molecule has 1 aromatic heterocycles. The van der Waals surface area contributed by atoms with Crippen LogP contribution in [0, 0.1) is 0 Å². The highest BCUT2D eigenvalue weighted by atomic mass is 16.5. The third-order valence-electron chi connectivity index (χ3n) is 2.77. The number of amides is 2. The Balaban J connectivity index is 1.74. The molecule has 0 saturated carbocycles. The number of furan rings is 1. The number of benzene rings is 1. The second kappa shape index (κ2) is 7.79. The monoisotopic (exact) mass is 316 g/mol. The van der Waals surface area contributed by atoms with Crippen LogP contribution in [0.25, 0.3) is 0 Å². The molecular weight excluding hydrogens is 300 g/mol. The van der Waals surface area contributed by atoms with E-state index in [2.05, 4.69) is 10.6 Å². The lowest BCUT2D eigenvalue weighted by Crippen LogP contribution is -2.26. The number of hydrogen-bond donors (Lipinski definition) is 2. The molecule has 0 aliphatic carbocycles. The van der Waals surface area contributed by atoms with Gasteiger partial charge in [0.1, 0.15) is 5.75 Å². The molecule has 7 nitrogen and oxygen atoms in total. The Kier molecular flexibility index (Phi) is 5.51. The van der Waals surface area contributed by atoms with Gasteiger partial charge >= 0.3 is 5.97 Å². The van der Waals surface area contributed by atoms with E-state index >= 15 is 0 Å². The lowest BCUT2D eigenvalue weighted by Gasteiger charge is -2.06. The number of carbonyl (C=O) groups excluding carboxylic acids is 3. The molecule has 0 fully saturated rings. The average molecular weight is 316 g/mol. The van der Waals surface area contributed by atoms with Gasteiger partial charge in [0.15, 0.2) is 5.76 Å². The number of carbonyl (C=O) groups is 3. The second-order valence-electron chi connectivity index (χ2n) is 4.66. The maximum Gasteiger partial charge on any atom is 0.312 e. The van der Waals surface area contributed by atoms with Crippen molar-refractivity contribution in [1.82, 2.24) is 5.32 Å². The number of rotatable bonds is 6. The Bertz CT molecular complexity index is 677. The molecule has 120 valence electrons. The maximum atomic E-state index is 11.7. The van der Waals surface area contributed by atoms with E-state index in [9.17, 15) is 14.4 Å². The Morgan fingerprint density at radius 3 is 2.48 bits per heavy atom. The summed E-state index contributed by atoms with van der Waals surface area (Å²) in [4.78, 5) is 34.2. The Labute approximate surface area is 132 Å². The summed E-state index contributed by atoms with van der Waals surface area (Å²) in [5.41, 5.74) is 0.614. The molecule has 23 heavy (non-hydrogen) atoms. The van der Waals surface area contributed by atoms with Crippen LogP contribution in [0.2, 0.25) is 0 Å². The normalized spacial score (nSPS) is 9.96. The van der Waals surface area contributed by atoms with Crippen molar-refractivity contribution in [1.29, 1.82) is 0 Å². The first-order valence-electron chi connectivity index (χ1n) is 6.94. The van der Waals surface area contributed by atoms with Crippen molar-refractivity contribution < 1.29 is 23.5 Å². The van der Waals surface area contributed by atoms with Crippen molar-refractivity contribution >= 4 is 23.5 Å². The topological polar surface area (TPSA) is 97.6 Å². The van der Waals surface area contributed by atoms with Gasteiger partial charge in [-0.05, 0) is 36.4 Å². The molecule has 0 radical (unpaired) electrons. The van der Waals surface area contributed by atoms with E-state index in [1.54, 1.807) is 30.3 Å². The molecule has 2 aromatic rings. The summed E-state index contributed by atoms with van der Waals surface area (Å²) in [5.74, 6) is -0.491. The van der Waals surface area contributed by atoms with E-state index < -0.39 is 5.97 Å². The summed E-state index contributed by atoms with van der Waals surface area (Å²) in [7, 11) is 0. The minimum absolute atomic E-state index is 0.0277. The van der Waals surface area contributed by atoms with Crippen LogP contribution in [0.1, 0.15) is 23.9 Å². The van der Waals surface area contributed by atoms with Crippen LogP contribution >= 0.6 is 0 Å². The summed E-state index contributed by atoms with van der Waals surface area (Å²) in [6.07, 6.45) is 1.42. The number of hydrogen-bond acceptors (Lipinski definition) is 5. The molecule has 0 saturated heterocycles. The first-order chi connectivity index (χ1) is 11.0. The van der Waals surface area contributed by atoms with Gasteiger partial charge in [0, 0.05) is 19.2 Å².